The van der Waals surface area contributed by atoms with Crippen molar-refractivity contribution in [2.24, 2.45) is 5.92 Å². The summed E-state index contributed by atoms with van der Waals surface area (Å²) in [5.74, 6) is 1.22. The van der Waals surface area contributed by atoms with Gasteiger partial charge >= 0.3 is 0 Å². The number of carbonyl (C=O) groups excluding carboxylic acids is 1. The minimum Gasteiger partial charge on any atom is -0.370 e. The van der Waals surface area contributed by atoms with Gasteiger partial charge in [-0.05, 0) is 43.9 Å². The van der Waals surface area contributed by atoms with Crippen LogP contribution in [0.5, 0.6) is 0 Å². The van der Waals surface area contributed by atoms with Crippen LogP contribution in [0.3, 0.4) is 0 Å². The molecule has 5 heteroatoms. The Balaban J connectivity index is 1.50. The number of anilines is 1. The first kappa shape index (κ1) is 14.7. The van der Waals surface area contributed by atoms with Crippen molar-refractivity contribution in [2.75, 3.05) is 11.9 Å². The summed E-state index contributed by atoms with van der Waals surface area (Å²) in [5.41, 5.74) is 2.72. The third kappa shape index (κ3) is 3.11. The van der Waals surface area contributed by atoms with Crippen molar-refractivity contribution in [3.8, 4) is 0 Å². The normalized spacial score (nSPS) is 22.5. The number of hydrogen-bond donors (Lipinski definition) is 2. The number of amides is 1. The van der Waals surface area contributed by atoms with Crippen LogP contribution in [0.15, 0.2) is 18.2 Å². The molecule has 0 bridgehead atoms. The molecule has 5 nitrogen and oxygen atoms in total. The highest BCUT2D eigenvalue weighted by Crippen LogP contribution is 2.29. The second-order valence-corrected chi connectivity index (χ2v) is 6.68. The highest BCUT2D eigenvalue weighted by Gasteiger charge is 2.22. The number of aromatic amines is 1. The molecule has 23 heavy (non-hydrogen) atoms. The van der Waals surface area contributed by atoms with Crippen molar-refractivity contribution < 1.29 is 9.53 Å². The van der Waals surface area contributed by atoms with E-state index in [0.717, 1.165) is 54.8 Å². The number of benzene rings is 1. The van der Waals surface area contributed by atoms with Crippen LogP contribution in [0.4, 0.5) is 5.69 Å². The highest BCUT2D eigenvalue weighted by atomic mass is 16.5. The Labute approximate surface area is 135 Å². The molecule has 0 spiro atoms. The fourth-order valence-electron chi connectivity index (χ4n) is 3.66. The first-order valence-corrected chi connectivity index (χ1v) is 8.72. The predicted octanol–water partition coefficient (Wildman–Crippen LogP) is 3.93. The Kier molecular flexibility index (Phi) is 4.04. The quantitative estimate of drug-likeness (QED) is 0.902. The third-order valence-corrected chi connectivity index (χ3v) is 4.98. The Hall–Kier alpha value is -1.88. The van der Waals surface area contributed by atoms with Gasteiger partial charge in [0.05, 0.1) is 11.0 Å². The van der Waals surface area contributed by atoms with Gasteiger partial charge in [-0.25, -0.2) is 4.98 Å². The molecule has 1 amide bonds. The molecule has 2 N–H and O–H groups in total. The van der Waals surface area contributed by atoms with Crippen LogP contribution in [0.25, 0.3) is 11.0 Å². The number of imidazole rings is 1. The van der Waals surface area contributed by atoms with E-state index in [4.69, 9.17) is 4.74 Å². The Morgan fingerprint density at radius 1 is 1.17 bits per heavy atom. The first-order chi connectivity index (χ1) is 11.3. The summed E-state index contributed by atoms with van der Waals surface area (Å²) in [7, 11) is 0. The average Bonchev–Trinajstić information content (AvgIpc) is 3.24. The van der Waals surface area contributed by atoms with Crippen LogP contribution in [0, 0.1) is 5.92 Å². The largest absolute Gasteiger partial charge is 0.370 e. The van der Waals surface area contributed by atoms with Gasteiger partial charge in [0.2, 0.25) is 5.91 Å². The van der Waals surface area contributed by atoms with E-state index in [0.29, 0.717) is 0 Å². The summed E-state index contributed by atoms with van der Waals surface area (Å²) in [6, 6.07) is 5.87. The molecular weight excluding hydrogens is 290 g/mol. The van der Waals surface area contributed by atoms with E-state index in [1.54, 1.807) is 0 Å². The summed E-state index contributed by atoms with van der Waals surface area (Å²) in [4.78, 5) is 20.3. The summed E-state index contributed by atoms with van der Waals surface area (Å²) >= 11 is 0. The number of fused-ring (bicyclic) bond motifs is 1. The van der Waals surface area contributed by atoms with E-state index in [1.165, 1.54) is 19.3 Å². The van der Waals surface area contributed by atoms with Gasteiger partial charge < -0.3 is 15.0 Å². The van der Waals surface area contributed by atoms with Crippen LogP contribution >= 0.6 is 0 Å². The molecule has 2 aromatic rings. The Bertz CT molecular complexity index is 697. The van der Waals surface area contributed by atoms with Crippen molar-refractivity contribution in [3.05, 3.63) is 24.0 Å². The van der Waals surface area contributed by atoms with E-state index >= 15 is 0 Å². The first-order valence-electron chi connectivity index (χ1n) is 8.72. The molecular formula is C18H23N3O2. The molecule has 1 aliphatic carbocycles. The summed E-state index contributed by atoms with van der Waals surface area (Å²) < 4.78 is 5.68. The molecule has 2 aliphatic rings. The third-order valence-electron chi connectivity index (χ3n) is 4.98. The van der Waals surface area contributed by atoms with Gasteiger partial charge in [0, 0.05) is 18.2 Å². The van der Waals surface area contributed by atoms with Crippen molar-refractivity contribution in [2.45, 2.75) is 51.0 Å². The van der Waals surface area contributed by atoms with Gasteiger partial charge in [0.25, 0.3) is 0 Å². The molecule has 1 saturated heterocycles. The number of aromatic nitrogens is 2. The van der Waals surface area contributed by atoms with Crippen molar-refractivity contribution in [3.63, 3.8) is 0 Å². The standard InChI is InChI=1S/C18H23N3O2/c22-18(12-5-2-1-3-6-12)19-13-8-9-14-15(11-13)21-17(20-14)16-7-4-10-23-16/h8-9,11-12,16H,1-7,10H2,(H,19,22)(H,20,21). The second-order valence-electron chi connectivity index (χ2n) is 6.68. The van der Waals surface area contributed by atoms with Crippen LogP contribution in [-0.2, 0) is 9.53 Å². The zero-order chi connectivity index (χ0) is 15.6. The lowest BCUT2D eigenvalue weighted by Crippen LogP contribution is -2.24. The molecule has 1 saturated carbocycles. The zero-order valence-corrected chi connectivity index (χ0v) is 13.3. The molecule has 2 heterocycles. The number of carbonyl (C=O) groups is 1. The van der Waals surface area contributed by atoms with Gasteiger partial charge in [-0.3, -0.25) is 4.79 Å². The fraction of sp³-hybridized carbons (Fsp3) is 0.556. The summed E-state index contributed by atoms with van der Waals surface area (Å²) in [6.07, 6.45) is 7.82. The maximum absolute atomic E-state index is 12.4. The van der Waals surface area contributed by atoms with E-state index in [9.17, 15) is 4.79 Å². The van der Waals surface area contributed by atoms with E-state index in [-0.39, 0.29) is 17.9 Å². The van der Waals surface area contributed by atoms with Gasteiger partial charge in [-0.2, -0.15) is 0 Å². The fourth-order valence-corrected chi connectivity index (χ4v) is 3.66. The van der Waals surface area contributed by atoms with E-state index in [2.05, 4.69) is 15.3 Å². The van der Waals surface area contributed by atoms with Gasteiger partial charge in [0.15, 0.2) is 0 Å². The number of hydrogen-bond acceptors (Lipinski definition) is 3. The second kappa shape index (κ2) is 6.32. The lowest BCUT2D eigenvalue weighted by molar-refractivity contribution is -0.120. The Morgan fingerprint density at radius 3 is 2.83 bits per heavy atom. The monoisotopic (exact) mass is 313 g/mol. The number of H-pyrrole nitrogens is 1. The van der Waals surface area contributed by atoms with Crippen LogP contribution in [0.2, 0.25) is 0 Å². The molecule has 1 unspecified atom stereocenters. The minimum atomic E-state index is 0.0858. The lowest BCUT2D eigenvalue weighted by Gasteiger charge is -2.20. The molecule has 4 rings (SSSR count). The van der Waals surface area contributed by atoms with Gasteiger partial charge in [0.1, 0.15) is 11.9 Å². The molecule has 1 aliphatic heterocycles. The molecule has 0 radical (unpaired) electrons. The molecule has 1 aromatic heterocycles. The number of nitrogens with one attached hydrogen (secondary N) is 2. The maximum atomic E-state index is 12.4. The van der Waals surface area contributed by atoms with E-state index < -0.39 is 0 Å². The van der Waals surface area contributed by atoms with E-state index in [1.807, 2.05) is 18.2 Å². The lowest BCUT2D eigenvalue weighted by atomic mass is 9.88. The summed E-state index contributed by atoms with van der Waals surface area (Å²) in [6.45, 7) is 0.810. The van der Waals surface area contributed by atoms with Crippen LogP contribution in [0.1, 0.15) is 56.9 Å². The highest BCUT2D eigenvalue weighted by molar-refractivity contribution is 5.94. The van der Waals surface area contributed by atoms with Gasteiger partial charge in [-0.1, -0.05) is 19.3 Å². The molecule has 2 fully saturated rings. The SMILES string of the molecule is O=C(Nc1ccc2nc(C3CCCO3)[nH]c2c1)C1CCCCC1. The number of nitrogens with zero attached hydrogens (tertiary/aromatic N) is 1. The molecule has 1 aromatic carbocycles. The molecule has 1 atom stereocenters. The average molecular weight is 313 g/mol. The van der Waals surface area contributed by atoms with Crippen LogP contribution < -0.4 is 5.32 Å². The number of ether oxygens (including phenoxy) is 1. The van der Waals surface area contributed by atoms with Crippen LogP contribution in [-0.4, -0.2) is 22.5 Å². The van der Waals surface area contributed by atoms with Crippen molar-refractivity contribution in [1.29, 1.82) is 0 Å². The topological polar surface area (TPSA) is 67.0 Å². The zero-order valence-electron chi connectivity index (χ0n) is 13.3. The summed E-state index contributed by atoms with van der Waals surface area (Å²) in [5, 5.41) is 3.06. The van der Waals surface area contributed by atoms with Gasteiger partial charge in [-0.15, -0.1) is 0 Å². The van der Waals surface area contributed by atoms with Crippen molar-refractivity contribution >= 4 is 22.6 Å². The smallest absolute Gasteiger partial charge is 0.227 e. The molecule has 122 valence electrons. The maximum Gasteiger partial charge on any atom is 0.227 e. The Morgan fingerprint density at radius 2 is 2.04 bits per heavy atom. The predicted molar refractivity (Wildman–Crippen MR) is 89.2 cm³/mol. The number of rotatable bonds is 3. The van der Waals surface area contributed by atoms with Crippen molar-refractivity contribution in [1.82, 2.24) is 9.97 Å². The minimum absolute atomic E-state index is 0.0858.